The van der Waals surface area contributed by atoms with Crippen molar-refractivity contribution in [3.8, 4) is 0 Å². The molecule has 2 atom stereocenters. The lowest BCUT2D eigenvalue weighted by Gasteiger charge is -2.39. The molecule has 0 spiro atoms. The Morgan fingerprint density at radius 2 is 2.00 bits per heavy atom. The fourth-order valence-electron chi connectivity index (χ4n) is 2.47. The second-order valence-corrected chi connectivity index (χ2v) is 4.57. The number of piperazine rings is 1. The van der Waals surface area contributed by atoms with Crippen molar-refractivity contribution < 1.29 is 4.39 Å². The maximum Gasteiger partial charge on any atom is 0.114 e. The van der Waals surface area contributed by atoms with Crippen LogP contribution in [0, 0.1) is 0 Å². The molecule has 13 heavy (non-hydrogen) atoms. The second-order valence-electron chi connectivity index (χ2n) is 4.57. The molecule has 2 nitrogen and oxygen atoms in total. The predicted molar refractivity (Wildman–Crippen MR) is 51.6 cm³/mol. The molecule has 0 amide bonds. The van der Waals surface area contributed by atoms with E-state index in [-0.39, 0.29) is 0 Å². The van der Waals surface area contributed by atoms with Crippen LogP contribution in [0.4, 0.5) is 4.39 Å². The molecule has 0 bridgehead atoms. The zero-order valence-corrected chi connectivity index (χ0v) is 8.54. The summed E-state index contributed by atoms with van der Waals surface area (Å²) >= 11 is 0. The summed E-state index contributed by atoms with van der Waals surface area (Å²) < 4.78 is 13.1. The number of alkyl halides is 1. The van der Waals surface area contributed by atoms with Gasteiger partial charge in [-0.05, 0) is 20.3 Å². The van der Waals surface area contributed by atoms with Gasteiger partial charge in [0, 0.05) is 38.3 Å². The molecule has 0 radical (unpaired) electrons. The topological polar surface area (TPSA) is 6.48 Å². The third-order valence-corrected chi connectivity index (χ3v) is 3.33. The Hall–Kier alpha value is -0.150. The quantitative estimate of drug-likeness (QED) is 0.605. The van der Waals surface area contributed by atoms with Gasteiger partial charge in [-0.2, -0.15) is 0 Å². The van der Waals surface area contributed by atoms with Crippen molar-refractivity contribution in [1.29, 1.82) is 0 Å². The van der Waals surface area contributed by atoms with Gasteiger partial charge >= 0.3 is 0 Å². The normalized spacial score (nSPS) is 36.9. The number of halogens is 1. The van der Waals surface area contributed by atoms with Gasteiger partial charge in [-0.3, -0.25) is 9.80 Å². The van der Waals surface area contributed by atoms with Crippen LogP contribution in [-0.2, 0) is 0 Å². The van der Waals surface area contributed by atoms with E-state index >= 15 is 0 Å². The van der Waals surface area contributed by atoms with Gasteiger partial charge in [-0.25, -0.2) is 4.39 Å². The van der Waals surface area contributed by atoms with Gasteiger partial charge in [0.1, 0.15) is 6.17 Å². The van der Waals surface area contributed by atoms with E-state index in [1.165, 1.54) is 0 Å². The highest BCUT2D eigenvalue weighted by atomic mass is 19.1. The fraction of sp³-hybridized carbons (Fsp3) is 1.00. The average molecular weight is 186 g/mol. The molecule has 0 unspecified atom stereocenters. The van der Waals surface area contributed by atoms with E-state index in [0.29, 0.717) is 18.6 Å². The summed E-state index contributed by atoms with van der Waals surface area (Å²) in [5.74, 6) is 0. The van der Waals surface area contributed by atoms with Crippen LogP contribution in [0.15, 0.2) is 0 Å². The van der Waals surface area contributed by atoms with Gasteiger partial charge in [0.25, 0.3) is 0 Å². The van der Waals surface area contributed by atoms with Crippen molar-refractivity contribution >= 4 is 0 Å². The van der Waals surface area contributed by atoms with Crippen LogP contribution >= 0.6 is 0 Å². The molecule has 2 aliphatic rings. The maximum atomic E-state index is 13.1. The Labute approximate surface area is 79.7 Å². The molecule has 0 aromatic carbocycles. The number of hydrogen-bond acceptors (Lipinski definition) is 2. The SMILES string of the molecule is CC(C)N1CCN2C[C@@H](F)C[C@H]2C1. The van der Waals surface area contributed by atoms with Crippen LogP contribution in [-0.4, -0.2) is 54.2 Å². The minimum atomic E-state index is -0.572. The molecule has 0 saturated carbocycles. The van der Waals surface area contributed by atoms with Gasteiger partial charge in [0.2, 0.25) is 0 Å². The van der Waals surface area contributed by atoms with E-state index in [0.717, 1.165) is 26.1 Å². The second kappa shape index (κ2) is 3.54. The minimum Gasteiger partial charge on any atom is -0.298 e. The summed E-state index contributed by atoms with van der Waals surface area (Å²) in [7, 11) is 0. The maximum absolute atomic E-state index is 13.1. The highest BCUT2D eigenvalue weighted by Gasteiger charge is 2.36. The summed E-state index contributed by atoms with van der Waals surface area (Å²) in [6.45, 7) is 8.36. The molecule has 2 saturated heterocycles. The Morgan fingerprint density at radius 1 is 1.23 bits per heavy atom. The molecule has 76 valence electrons. The van der Waals surface area contributed by atoms with Gasteiger partial charge in [-0.15, -0.1) is 0 Å². The van der Waals surface area contributed by atoms with E-state index in [1.807, 2.05) is 0 Å². The lowest BCUT2D eigenvalue weighted by atomic mass is 10.1. The summed E-state index contributed by atoms with van der Waals surface area (Å²) in [6, 6.07) is 1.10. The van der Waals surface area contributed by atoms with Crippen molar-refractivity contribution in [3.05, 3.63) is 0 Å². The van der Waals surface area contributed by atoms with E-state index in [9.17, 15) is 4.39 Å². The van der Waals surface area contributed by atoms with Crippen molar-refractivity contribution in [3.63, 3.8) is 0 Å². The van der Waals surface area contributed by atoms with E-state index in [1.54, 1.807) is 0 Å². The molecule has 2 rings (SSSR count). The zero-order valence-electron chi connectivity index (χ0n) is 8.54. The average Bonchev–Trinajstić information content (AvgIpc) is 2.42. The first-order valence-corrected chi connectivity index (χ1v) is 5.29. The van der Waals surface area contributed by atoms with Crippen molar-refractivity contribution in [2.75, 3.05) is 26.2 Å². The number of fused-ring (bicyclic) bond motifs is 1. The molecule has 2 fully saturated rings. The highest BCUT2D eigenvalue weighted by molar-refractivity contribution is 4.91. The van der Waals surface area contributed by atoms with Crippen molar-refractivity contribution in [2.45, 2.75) is 38.5 Å². The van der Waals surface area contributed by atoms with E-state index in [4.69, 9.17) is 0 Å². The van der Waals surface area contributed by atoms with E-state index in [2.05, 4.69) is 23.6 Å². The highest BCUT2D eigenvalue weighted by Crippen LogP contribution is 2.24. The standard InChI is InChI=1S/C10H19FN2/c1-8(2)12-3-4-13-6-9(11)5-10(13)7-12/h8-10H,3-7H2,1-2H3/t9-,10-/m0/s1. The van der Waals surface area contributed by atoms with Crippen LogP contribution in [0.2, 0.25) is 0 Å². The Kier molecular flexibility index (Phi) is 2.56. The van der Waals surface area contributed by atoms with Crippen LogP contribution < -0.4 is 0 Å². The Morgan fingerprint density at radius 3 is 2.69 bits per heavy atom. The monoisotopic (exact) mass is 186 g/mol. The van der Waals surface area contributed by atoms with Gasteiger partial charge in [0.05, 0.1) is 0 Å². The largest absolute Gasteiger partial charge is 0.298 e. The lowest BCUT2D eigenvalue weighted by Crippen LogP contribution is -2.52. The summed E-state index contributed by atoms with van der Waals surface area (Å²) in [5.41, 5.74) is 0. The predicted octanol–water partition coefficient (Wildman–Crippen LogP) is 1.12. The van der Waals surface area contributed by atoms with Crippen LogP contribution in [0.3, 0.4) is 0 Å². The van der Waals surface area contributed by atoms with Gasteiger partial charge in [-0.1, -0.05) is 0 Å². The number of rotatable bonds is 1. The van der Waals surface area contributed by atoms with Gasteiger partial charge in [0.15, 0.2) is 0 Å². The zero-order chi connectivity index (χ0) is 9.42. The molecule has 0 aromatic heterocycles. The fourth-order valence-corrected chi connectivity index (χ4v) is 2.47. The summed E-state index contributed by atoms with van der Waals surface area (Å²) in [5, 5.41) is 0. The molecule has 0 N–H and O–H groups in total. The van der Waals surface area contributed by atoms with E-state index < -0.39 is 6.17 Å². The molecule has 0 aromatic rings. The molecule has 3 heteroatoms. The summed E-state index contributed by atoms with van der Waals surface area (Å²) in [4.78, 5) is 4.77. The molecule has 0 aliphatic carbocycles. The van der Waals surface area contributed by atoms with Crippen molar-refractivity contribution in [2.24, 2.45) is 0 Å². The number of nitrogens with zero attached hydrogens (tertiary/aromatic N) is 2. The third kappa shape index (κ3) is 1.86. The smallest absolute Gasteiger partial charge is 0.114 e. The molecular formula is C10H19FN2. The minimum absolute atomic E-state index is 0.492. The number of hydrogen-bond donors (Lipinski definition) is 0. The van der Waals surface area contributed by atoms with Crippen LogP contribution in [0.5, 0.6) is 0 Å². The first-order chi connectivity index (χ1) is 6.16. The molecule has 2 aliphatic heterocycles. The van der Waals surface area contributed by atoms with Gasteiger partial charge < -0.3 is 0 Å². The summed E-state index contributed by atoms with van der Waals surface area (Å²) in [6.07, 6.45) is 0.181. The Bertz CT molecular complexity index is 184. The van der Waals surface area contributed by atoms with Crippen molar-refractivity contribution in [1.82, 2.24) is 9.80 Å². The molecule has 2 heterocycles. The first-order valence-electron chi connectivity index (χ1n) is 5.29. The lowest BCUT2D eigenvalue weighted by molar-refractivity contribution is 0.0823. The first kappa shape index (κ1) is 9.41. The van der Waals surface area contributed by atoms with Crippen LogP contribution in [0.1, 0.15) is 20.3 Å². The third-order valence-electron chi connectivity index (χ3n) is 3.33. The molecular weight excluding hydrogens is 167 g/mol. The van der Waals surface area contributed by atoms with Crippen LogP contribution in [0.25, 0.3) is 0 Å². The Balaban J connectivity index is 1.93.